The average molecular weight is 415 g/mol. The van der Waals surface area contributed by atoms with Crippen molar-refractivity contribution in [3.05, 3.63) is 53.5 Å². The minimum atomic E-state index is -0.553. The van der Waals surface area contributed by atoms with Crippen molar-refractivity contribution < 1.29 is 9.59 Å². The molecule has 2 bridgehead atoms. The van der Waals surface area contributed by atoms with Crippen LogP contribution in [0.3, 0.4) is 0 Å². The Morgan fingerprint density at radius 3 is 2.52 bits per heavy atom. The maximum absolute atomic E-state index is 13.1. The highest BCUT2D eigenvalue weighted by Crippen LogP contribution is 2.38. The van der Waals surface area contributed by atoms with Gasteiger partial charge in [-0.1, -0.05) is 0 Å². The summed E-state index contributed by atoms with van der Waals surface area (Å²) in [7, 11) is 0. The lowest BCUT2D eigenvalue weighted by Gasteiger charge is -2.39. The van der Waals surface area contributed by atoms with Crippen molar-refractivity contribution in [3.63, 3.8) is 0 Å². The van der Waals surface area contributed by atoms with E-state index in [1.54, 1.807) is 24.3 Å². The van der Waals surface area contributed by atoms with Crippen molar-refractivity contribution in [1.82, 2.24) is 19.9 Å². The molecule has 156 valence electrons. The van der Waals surface area contributed by atoms with Crippen LogP contribution in [-0.4, -0.2) is 49.8 Å². The first-order chi connectivity index (χ1) is 15.0. The number of anilines is 1. The Hall–Kier alpha value is -3.93. The fraction of sp³-hybridized carbons (Fsp3) is 0.318. The standard InChI is InChI=1S/C22H21N7O2/c23-9-12-1-3-13(4-2-12)22(31)29-15-5-6-16(29)8-14(7-15)28-18-17(20(24)30)10-25-21-19(18)26-11-27-21/h1-4,10-11,14-16H,5-8H2,(H2,24,30)(H2,25,26,27,28)/t14?,15-,16+. The molecule has 2 aromatic heterocycles. The first kappa shape index (κ1) is 19.1. The van der Waals surface area contributed by atoms with E-state index in [9.17, 15) is 9.59 Å². The Labute approximate surface area is 178 Å². The highest BCUT2D eigenvalue weighted by atomic mass is 16.2. The first-order valence-electron chi connectivity index (χ1n) is 10.3. The first-order valence-corrected chi connectivity index (χ1v) is 10.3. The van der Waals surface area contributed by atoms with Crippen LogP contribution in [-0.2, 0) is 0 Å². The van der Waals surface area contributed by atoms with Crippen LogP contribution >= 0.6 is 0 Å². The number of hydrogen-bond donors (Lipinski definition) is 3. The fourth-order valence-corrected chi connectivity index (χ4v) is 4.90. The van der Waals surface area contributed by atoms with E-state index in [2.05, 4.69) is 26.3 Å². The van der Waals surface area contributed by atoms with E-state index in [0.29, 0.717) is 33.5 Å². The van der Waals surface area contributed by atoms with Gasteiger partial charge in [0.25, 0.3) is 11.8 Å². The quantitative estimate of drug-likeness (QED) is 0.596. The van der Waals surface area contributed by atoms with Gasteiger partial charge >= 0.3 is 0 Å². The number of fused-ring (bicyclic) bond motifs is 3. The number of nitrogens with zero attached hydrogens (tertiary/aromatic N) is 4. The molecule has 2 fully saturated rings. The molecule has 0 aliphatic carbocycles. The second kappa shape index (κ2) is 7.40. The molecule has 2 saturated heterocycles. The van der Waals surface area contributed by atoms with Gasteiger partial charge in [0, 0.05) is 29.9 Å². The van der Waals surface area contributed by atoms with E-state index < -0.39 is 5.91 Å². The number of primary amides is 1. The zero-order valence-corrected chi connectivity index (χ0v) is 16.7. The highest BCUT2D eigenvalue weighted by Gasteiger charge is 2.43. The Bertz CT molecular complexity index is 1200. The molecule has 9 heteroatoms. The smallest absolute Gasteiger partial charge is 0.254 e. The molecule has 31 heavy (non-hydrogen) atoms. The van der Waals surface area contributed by atoms with Crippen molar-refractivity contribution in [2.24, 2.45) is 5.73 Å². The second-order valence-electron chi connectivity index (χ2n) is 8.11. The third-order valence-electron chi connectivity index (χ3n) is 6.30. The zero-order valence-electron chi connectivity index (χ0n) is 16.7. The summed E-state index contributed by atoms with van der Waals surface area (Å²) in [4.78, 5) is 38.5. The summed E-state index contributed by atoms with van der Waals surface area (Å²) >= 11 is 0. The number of aromatic nitrogens is 3. The summed E-state index contributed by atoms with van der Waals surface area (Å²) < 4.78 is 0. The van der Waals surface area contributed by atoms with Gasteiger partial charge < -0.3 is 20.9 Å². The number of hydrogen-bond acceptors (Lipinski definition) is 6. The number of H-pyrrole nitrogens is 1. The molecule has 0 spiro atoms. The lowest BCUT2D eigenvalue weighted by atomic mass is 9.95. The number of rotatable bonds is 4. The molecule has 5 rings (SSSR count). The van der Waals surface area contributed by atoms with Gasteiger partial charge in [0.15, 0.2) is 5.65 Å². The molecule has 0 saturated carbocycles. The maximum Gasteiger partial charge on any atom is 0.254 e. The van der Waals surface area contributed by atoms with Crippen LogP contribution in [0.2, 0.25) is 0 Å². The molecular weight excluding hydrogens is 394 g/mol. The second-order valence-corrected chi connectivity index (χ2v) is 8.11. The number of nitriles is 1. The molecule has 3 aromatic rings. The van der Waals surface area contributed by atoms with E-state index >= 15 is 0 Å². The van der Waals surface area contributed by atoms with E-state index in [-0.39, 0.29) is 24.0 Å². The number of imidazole rings is 1. The van der Waals surface area contributed by atoms with E-state index in [1.807, 2.05) is 4.90 Å². The molecule has 4 N–H and O–H groups in total. The molecular formula is C22H21N7O2. The number of carbonyl (C=O) groups excluding carboxylic acids is 2. The van der Waals surface area contributed by atoms with Crippen molar-refractivity contribution in [3.8, 4) is 6.07 Å². The van der Waals surface area contributed by atoms with Gasteiger partial charge in [0.1, 0.15) is 5.52 Å². The normalized spacial score (nSPS) is 22.3. The molecule has 4 heterocycles. The van der Waals surface area contributed by atoms with E-state index in [0.717, 1.165) is 25.7 Å². The maximum atomic E-state index is 13.1. The molecule has 3 atom stereocenters. The van der Waals surface area contributed by atoms with E-state index in [1.165, 1.54) is 12.5 Å². The van der Waals surface area contributed by atoms with Gasteiger partial charge in [-0.15, -0.1) is 0 Å². The predicted molar refractivity (Wildman–Crippen MR) is 113 cm³/mol. The molecule has 1 aromatic carbocycles. The Morgan fingerprint density at radius 2 is 1.87 bits per heavy atom. The molecule has 2 aliphatic rings. The van der Waals surface area contributed by atoms with Crippen molar-refractivity contribution in [2.75, 3.05) is 5.32 Å². The molecule has 0 radical (unpaired) electrons. The lowest BCUT2D eigenvalue weighted by Crippen LogP contribution is -2.49. The van der Waals surface area contributed by atoms with Crippen molar-refractivity contribution in [2.45, 2.75) is 43.8 Å². The van der Waals surface area contributed by atoms with Gasteiger partial charge in [0.05, 0.1) is 29.2 Å². The van der Waals surface area contributed by atoms with Crippen LogP contribution in [0.1, 0.15) is 52.0 Å². The predicted octanol–water partition coefficient (Wildman–Crippen LogP) is 2.18. The van der Waals surface area contributed by atoms with Crippen LogP contribution in [0.4, 0.5) is 5.69 Å². The summed E-state index contributed by atoms with van der Waals surface area (Å²) in [5.74, 6) is -0.545. The topological polar surface area (TPSA) is 141 Å². The lowest BCUT2D eigenvalue weighted by molar-refractivity contribution is 0.0583. The van der Waals surface area contributed by atoms with Crippen LogP contribution in [0, 0.1) is 11.3 Å². The Kier molecular flexibility index (Phi) is 4.55. The number of pyridine rings is 1. The Morgan fingerprint density at radius 1 is 1.16 bits per heavy atom. The van der Waals surface area contributed by atoms with Crippen LogP contribution < -0.4 is 11.1 Å². The largest absolute Gasteiger partial charge is 0.380 e. The van der Waals surface area contributed by atoms with Crippen molar-refractivity contribution in [1.29, 1.82) is 5.26 Å². The highest BCUT2D eigenvalue weighted by molar-refractivity contribution is 6.04. The average Bonchev–Trinajstić information content (AvgIpc) is 3.36. The summed E-state index contributed by atoms with van der Waals surface area (Å²) in [5, 5.41) is 12.5. The van der Waals surface area contributed by atoms with Gasteiger partial charge in [-0.05, 0) is 49.9 Å². The van der Waals surface area contributed by atoms with Gasteiger partial charge in [-0.3, -0.25) is 9.59 Å². The Balaban J connectivity index is 1.37. The summed E-state index contributed by atoms with van der Waals surface area (Å²) in [6.07, 6.45) is 6.43. The molecule has 2 amide bonds. The van der Waals surface area contributed by atoms with Gasteiger partial charge in [0.2, 0.25) is 0 Å². The molecule has 2 aliphatic heterocycles. The minimum absolute atomic E-state index is 0.00753. The van der Waals surface area contributed by atoms with Crippen molar-refractivity contribution >= 4 is 28.7 Å². The van der Waals surface area contributed by atoms with Crippen LogP contribution in [0.25, 0.3) is 11.2 Å². The number of piperidine rings is 1. The number of carbonyl (C=O) groups is 2. The van der Waals surface area contributed by atoms with Crippen LogP contribution in [0.5, 0.6) is 0 Å². The summed E-state index contributed by atoms with van der Waals surface area (Å²) in [6.45, 7) is 0. The number of nitrogens with two attached hydrogens (primary N) is 1. The summed E-state index contributed by atoms with van der Waals surface area (Å²) in [5.41, 5.74) is 8.81. The molecule has 1 unspecified atom stereocenters. The van der Waals surface area contributed by atoms with E-state index in [4.69, 9.17) is 11.0 Å². The minimum Gasteiger partial charge on any atom is -0.380 e. The number of amides is 2. The van der Waals surface area contributed by atoms with Gasteiger partial charge in [-0.2, -0.15) is 5.26 Å². The third-order valence-corrected chi connectivity index (χ3v) is 6.30. The monoisotopic (exact) mass is 415 g/mol. The SMILES string of the molecule is N#Cc1ccc(C(=O)N2[C@@H]3CC[C@H]2CC(Nc2c(C(N)=O)cnc4nc[nH]c24)C3)cc1. The molecule has 9 nitrogen and oxygen atoms in total. The van der Waals surface area contributed by atoms with Crippen LogP contribution in [0.15, 0.2) is 36.8 Å². The number of aromatic amines is 1. The number of nitrogens with one attached hydrogen (secondary N) is 2. The zero-order chi connectivity index (χ0) is 21.5. The summed E-state index contributed by atoms with van der Waals surface area (Å²) in [6, 6.07) is 9.20. The number of benzene rings is 1. The fourth-order valence-electron chi connectivity index (χ4n) is 4.90. The third kappa shape index (κ3) is 3.26. The van der Waals surface area contributed by atoms with Gasteiger partial charge in [-0.25, -0.2) is 9.97 Å².